The standard InChI is InChI=1S/C15H16ClN3O/c1-9-3-5-13(19-17)11(7-9)15(20)18-14-6-4-10(2)8-12(14)16/h3-8,19H,17H2,1-2H3,(H,18,20). The molecule has 4 nitrogen and oxygen atoms in total. The number of aryl methyl sites for hydroxylation is 2. The van der Waals surface area contributed by atoms with E-state index in [-0.39, 0.29) is 5.91 Å². The molecular formula is C15H16ClN3O. The zero-order chi connectivity index (χ0) is 14.7. The normalized spacial score (nSPS) is 10.2. The van der Waals surface area contributed by atoms with Gasteiger partial charge in [-0.05, 0) is 43.7 Å². The number of rotatable bonds is 3. The van der Waals surface area contributed by atoms with Gasteiger partial charge in [-0.1, -0.05) is 29.3 Å². The number of carbonyl (C=O) groups is 1. The summed E-state index contributed by atoms with van der Waals surface area (Å²) in [6, 6.07) is 10.9. The SMILES string of the molecule is Cc1ccc(NC(=O)c2cc(C)ccc2NN)c(Cl)c1. The van der Waals surface area contributed by atoms with Crippen LogP contribution in [0.3, 0.4) is 0 Å². The Hall–Kier alpha value is -2.04. The fourth-order valence-electron chi connectivity index (χ4n) is 1.88. The Kier molecular flexibility index (Phi) is 4.27. The van der Waals surface area contributed by atoms with Crippen molar-refractivity contribution < 1.29 is 4.79 Å². The minimum atomic E-state index is -0.257. The van der Waals surface area contributed by atoms with Crippen molar-refractivity contribution in [3.63, 3.8) is 0 Å². The van der Waals surface area contributed by atoms with Crippen molar-refractivity contribution >= 4 is 28.9 Å². The molecule has 2 aromatic carbocycles. The third kappa shape index (κ3) is 3.10. The Bertz CT molecular complexity index is 656. The van der Waals surface area contributed by atoms with Gasteiger partial charge in [-0.25, -0.2) is 0 Å². The maximum Gasteiger partial charge on any atom is 0.257 e. The summed E-state index contributed by atoms with van der Waals surface area (Å²) in [6.45, 7) is 3.85. The van der Waals surface area contributed by atoms with Crippen LogP contribution in [0.2, 0.25) is 5.02 Å². The molecule has 4 N–H and O–H groups in total. The summed E-state index contributed by atoms with van der Waals surface area (Å²) in [5.74, 6) is 5.17. The number of carbonyl (C=O) groups excluding carboxylic acids is 1. The van der Waals surface area contributed by atoms with Crippen LogP contribution in [0, 0.1) is 13.8 Å². The zero-order valence-electron chi connectivity index (χ0n) is 11.3. The van der Waals surface area contributed by atoms with E-state index in [0.29, 0.717) is 22.0 Å². The molecule has 104 valence electrons. The van der Waals surface area contributed by atoms with Crippen LogP contribution in [0.5, 0.6) is 0 Å². The Labute approximate surface area is 122 Å². The van der Waals surface area contributed by atoms with Crippen molar-refractivity contribution in [2.45, 2.75) is 13.8 Å². The van der Waals surface area contributed by atoms with Crippen LogP contribution in [-0.2, 0) is 0 Å². The molecule has 0 aliphatic heterocycles. The molecule has 0 atom stereocenters. The Balaban J connectivity index is 2.30. The molecule has 0 radical (unpaired) electrons. The highest BCUT2D eigenvalue weighted by atomic mass is 35.5. The van der Waals surface area contributed by atoms with Crippen molar-refractivity contribution in [1.82, 2.24) is 0 Å². The quantitative estimate of drug-likeness (QED) is 0.598. The lowest BCUT2D eigenvalue weighted by Gasteiger charge is -2.12. The Morgan fingerprint density at radius 2 is 1.65 bits per heavy atom. The molecule has 5 heteroatoms. The maximum atomic E-state index is 12.3. The number of amides is 1. The molecule has 20 heavy (non-hydrogen) atoms. The van der Waals surface area contributed by atoms with Crippen LogP contribution in [-0.4, -0.2) is 5.91 Å². The number of hydrazine groups is 1. The number of nitrogens with one attached hydrogen (secondary N) is 2. The minimum Gasteiger partial charge on any atom is -0.323 e. The van der Waals surface area contributed by atoms with Gasteiger partial charge in [0, 0.05) is 0 Å². The van der Waals surface area contributed by atoms with Gasteiger partial charge in [-0.2, -0.15) is 0 Å². The lowest BCUT2D eigenvalue weighted by atomic mass is 10.1. The predicted octanol–water partition coefficient (Wildman–Crippen LogP) is 3.49. The molecule has 0 bridgehead atoms. The van der Waals surface area contributed by atoms with E-state index in [2.05, 4.69) is 10.7 Å². The number of hydrogen-bond donors (Lipinski definition) is 3. The van der Waals surface area contributed by atoms with Crippen molar-refractivity contribution in [3.05, 3.63) is 58.1 Å². The molecule has 1 amide bonds. The number of nitrogen functional groups attached to an aromatic ring is 1. The van der Waals surface area contributed by atoms with Gasteiger partial charge < -0.3 is 10.7 Å². The lowest BCUT2D eigenvalue weighted by Crippen LogP contribution is -2.17. The largest absolute Gasteiger partial charge is 0.323 e. The Morgan fingerprint density at radius 3 is 2.25 bits per heavy atom. The van der Waals surface area contributed by atoms with Gasteiger partial charge >= 0.3 is 0 Å². The molecule has 0 unspecified atom stereocenters. The number of halogens is 1. The highest BCUT2D eigenvalue weighted by Crippen LogP contribution is 2.24. The van der Waals surface area contributed by atoms with Gasteiger partial charge in [0.25, 0.3) is 5.91 Å². The van der Waals surface area contributed by atoms with Crippen LogP contribution in [0.25, 0.3) is 0 Å². The van der Waals surface area contributed by atoms with Gasteiger partial charge in [0.2, 0.25) is 0 Å². The highest BCUT2D eigenvalue weighted by molar-refractivity contribution is 6.34. The predicted molar refractivity (Wildman–Crippen MR) is 83.1 cm³/mol. The molecule has 2 aromatic rings. The zero-order valence-corrected chi connectivity index (χ0v) is 12.1. The van der Waals surface area contributed by atoms with E-state index in [1.807, 2.05) is 26.0 Å². The van der Waals surface area contributed by atoms with Crippen LogP contribution >= 0.6 is 11.6 Å². The van der Waals surface area contributed by atoms with E-state index in [0.717, 1.165) is 11.1 Å². The second-order valence-corrected chi connectivity index (χ2v) is 5.04. The first kappa shape index (κ1) is 14.4. The lowest BCUT2D eigenvalue weighted by molar-refractivity contribution is 0.102. The van der Waals surface area contributed by atoms with E-state index in [4.69, 9.17) is 17.4 Å². The van der Waals surface area contributed by atoms with Gasteiger partial charge in [-0.3, -0.25) is 10.6 Å². The molecule has 0 heterocycles. The van der Waals surface area contributed by atoms with Crippen LogP contribution in [0.15, 0.2) is 36.4 Å². The summed E-state index contributed by atoms with van der Waals surface area (Å²) < 4.78 is 0. The summed E-state index contributed by atoms with van der Waals surface area (Å²) in [4.78, 5) is 12.3. The van der Waals surface area contributed by atoms with E-state index < -0.39 is 0 Å². The van der Waals surface area contributed by atoms with E-state index in [1.165, 1.54) is 0 Å². The Morgan fingerprint density at radius 1 is 1.05 bits per heavy atom. The number of nitrogens with two attached hydrogens (primary N) is 1. The van der Waals surface area contributed by atoms with E-state index in [9.17, 15) is 4.79 Å². The molecule has 0 saturated carbocycles. The van der Waals surface area contributed by atoms with Crippen LogP contribution < -0.4 is 16.6 Å². The molecule has 0 saturated heterocycles. The summed E-state index contributed by atoms with van der Waals surface area (Å²) in [5.41, 5.74) is 6.15. The first-order chi connectivity index (χ1) is 9.51. The monoisotopic (exact) mass is 289 g/mol. The summed E-state index contributed by atoms with van der Waals surface area (Å²) >= 11 is 6.11. The van der Waals surface area contributed by atoms with Gasteiger partial charge in [0.15, 0.2) is 0 Å². The van der Waals surface area contributed by atoms with E-state index in [1.54, 1.807) is 24.3 Å². The fourth-order valence-corrected chi connectivity index (χ4v) is 2.17. The summed E-state index contributed by atoms with van der Waals surface area (Å²) in [6.07, 6.45) is 0. The van der Waals surface area contributed by atoms with Crippen molar-refractivity contribution in [2.24, 2.45) is 5.84 Å². The van der Waals surface area contributed by atoms with Gasteiger partial charge in [0.1, 0.15) is 0 Å². The average Bonchev–Trinajstić information content (AvgIpc) is 2.41. The smallest absolute Gasteiger partial charge is 0.257 e. The van der Waals surface area contributed by atoms with Crippen molar-refractivity contribution in [2.75, 3.05) is 10.7 Å². The number of benzene rings is 2. The summed E-state index contributed by atoms with van der Waals surface area (Å²) in [7, 11) is 0. The van der Waals surface area contributed by atoms with Gasteiger partial charge in [0.05, 0.1) is 22.0 Å². The molecule has 0 spiro atoms. The third-order valence-corrected chi connectivity index (χ3v) is 3.26. The second kappa shape index (κ2) is 5.94. The first-order valence-electron chi connectivity index (χ1n) is 6.16. The van der Waals surface area contributed by atoms with E-state index >= 15 is 0 Å². The molecular weight excluding hydrogens is 274 g/mol. The van der Waals surface area contributed by atoms with Crippen molar-refractivity contribution in [1.29, 1.82) is 0 Å². The average molecular weight is 290 g/mol. The number of anilines is 2. The fraction of sp³-hybridized carbons (Fsp3) is 0.133. The minimum absolute atomic E-state index is 0.257. The topological polar surface area (TPSA) is 67.2 Å². The number of hydrogen-bond acceptors (Lipinski definition) is 3. The second-order valence-electron chi connectivity index (χ2n) is 4.63. The maximum absolute atomic E-state index is 12.3. The summed E-state index contributed by atoms with van der Waals surface area (Å²) in [5, 5.41) is 3.30. The van der Waals surface area contributed by atoms with Gasteiger partial charge in [-0.15, -0.1) is 0 Å². The highest BCUT2D eigenvalue weighted by Gasteiger charge is 2.13. The van der Waals surface area contributed by atoms with Crippen LogP contribution in [0.1, 0.15) is 21.5 Å². The molecule has 0 aliphatic rings. The van der Waals surface area contributed by atoms with Crippen LogP contribution in [0.4, 0.5) is 11.4 Å². The molecule has 0 aliphatic carbocycles. The molecule has 0 aromatic heterocycles. The van der Waals surface area contributed by atoms with Crippen molar-refractivity contribution in [3.8, 4) is 0 Å². The first-order valence-corrected chi connectivity index (χ1v) is 6.54. The molecule has 0 fully saturated rings. The third-order valence-electron chi connectivity index (χ3n) is 2.95. The molecule has 2 rings (SSSR count).